The zero-order valence-electron chi connectivity index (χ0n) is 17.2. The summed E-state index contributed by atoms with van der Waals surface area (Å²) in [5.74, 6) is 0.360. The van der Waals surface area contributed by atoms with E-state index in [0.29, 0.717) is 25.1 Å². The van der Waals surface area contributed by atoms with Gasteiger partial charge in [0.2, 0.25) is 0 Å². The van der Waals surface area contributed by atoms with Crippen molar-refractivity contribution in [2.75, 3.05) is 20.0 Å². The number of carbonyl (C=O) groups excluding carboxylic acids is 1. The maximum atomic E-state index is 12.7. The minimum atomic E-state index is -0.998. The third-order valence-electron chi connectivity index (χ3n) is 5.70. The van der Waals surface area contributed by atoms with Crippen molar-refractivity contribution in [3.63, 3.8) is 0 Å². The van der Waals surface area contributed by atoms with Crippen LogP contribution in [0.4, 0.5) is 4.79 Å². The average Bonchev–Trinajstić information content (AvgIpc) is 3.09. The summed E-state index contributed by atoms with van der Waals surface area (Å²) >= 11 is 1.28. The van der Waals surface area contributed by atoms with Gasteiger partial charge in [0, 0.05) is 25.8 Å². The summed E-state index contributed by atoms with van der Waals surface area (Å²) in [7, 11) is 3.24. The van der Waals surface area contributed by atoms with Crippen LogP contribution in [0.1, 0.15) is 37.7 Å². The van der Waals surface area contributed by atoms with Crippen LogP contribution >= 0.6 is 11.8 Å². The number of rotatable bonds is 9. The quantitative estimate of drug-likeness (QED) is 0.481. The molecule has 1 N–H and O–H groups in total. The Bertz CT molecular complexity index is 697. The summed E-state index contributed by atoms with van der Waals surface area (Å²) in [6.45, 7) is 4.23. The average molecular weight is 422 g/mol. The molecule has 1 aromatic rings. The molecule has 0 unspecified atom stereocenters. The van der Waals surface area contributed by atoms with E-state index in [2.05, 4.69) is 6.58 Å². The molecule has 0 spiro atoms. The highest BCUT2D eigenvalue weighted by Crippen LogP contribution is 2.42. The molecule has 7 heteroatoms. The van der Waals surface area contributed by atoms with Crippen molar-refractivity contribution < 1.29 is 24.1 Å². The second kappa shape index (κ2) is 9.98. The Labute approximate surface area is 177 Å². The highest BCUT2D eigenvalue weighted by Gasteiger charge is 2.53. The molecule has 0 saturated carbocycles. The van der Waals surface area contributed by atoms with Crippen LogP contribution in [0.25, 0.3) is 0 Å². The van der Waals surface area contributed by atoms with Crippen LogP contribution in [0.5, 0.6) is 5.75 Å². The molecule has 0 bridgehead atoms. The van der Waals surface area contributed by atoms with Gasteiger partial charge in [-0.25, -0.2) is 0 Å². The fraction of sp³-hybridized carbons (Fsp3) is 0.591. The van der Waals surface area contributed by atoms with Gasteiger partial charge in [-0.1, -0.05) is 30.0 Å². The molecule has 160 valence electrons. The molecule has 0 aromatic heterocycles. The number of benzene rings is 1. The van der Waals surface area contributed by atoms with E-state index in [4.69, 9.17) is 14.2 Å². The maximum absolute atomic E-state index is 12.7. The van der Waals surface area contributed by atoms with Crippen LogP contribution in [0.2, 0.25) is 0 Å². The van der Waals surface area contributed by atoms with E-state index < -0.39 is 11.9 Å². The van der Waals surface area contributed by atoms with Crippen molar-refractivity contribution in [1.29, 1.82) is 0 Å². The van der Waals surface area contributed by atoms with E-state index in [1.807, 2.05) is 35.2 Å². The number of allylic oxidation sites excluding steroid dienone is 1. The first kappa shape index (κ1) is 22.2. The van der Waals surface area contributed by atoms with Gasteiger partial charge in [0.05, 0.1) is 25.4 Å². The standard InChI is InChI=1S/C22H31NO5S/c1-4-5-6-7-19-12-17(24)13-22(27-3,28-19)20-15-29-21(25)23(20)14-16-8-10-18(26-2)11-9-16/h4,8-11,17,19-20,24H,1,5-7,12-15H2,2-3H3/t17-,19+,20-,22+/m0/s1. The molecule has 1 amide bonds. The Kier molecular flexibility index (Phi) is 7.62. The van der Waals surface area contributed by atoms with Crippen molar-refractivity contribution in [2.24, 2.45) is 0 Å². The van der Waals surface area contributed by atoms with Gasteiger partial charge < -0.3 is 24.2 Å². The molecule has 6 nitrogen and oxygen atoms in total. The van der Waals surface area contributed by atoms with Gasteiger partial charge in [0.1, 0.15) is 5.75 Å². The number of methoxy groups -OCH3 is 2. The van der Waals surface area contributed by atoms with Crippen LogP contribution in [0.15, 0.2) is 36.9 Å². The van der Waals surface area contributed by atoms with E-state index in [9.17, 15) is 9.90 Å². The van der Waals surface area contributed by atoms with E-state index >= 15 is 0 Å². The second-order valence-corrected chi connectivity index (χ2v) is 8.61. The number of carbonyl (C=O) groups is 1. The molecule has 3 rings (SSSR count). The number of amides is 1. The van der Waals surface area contributed by atoms with Gasteiger partial charge in [-0.3, -0.25) is 4.79 Å². The van der Waals surface area contributed by atoms with Gasteiger partial charge in [0.15, 0.2) is 5.79 Å². The van der Waals surface area contributed by atoms with Gasteiger partial charge in [-0.2, -0.15) is 0 Å². The van der Waals surface area contributed by atoms with E-state index in [0.717, 1.165) is 30.6 Å². The monoisotopic (exact) mass is 421 g/mol. The molecule has 2 fully saturated rings. The molecule has 29 heavy (non-hydrogen) atoms. The van der Waals surface area contributed by atoms with Gasteiger partial charge in [0.25, 0.3) is 5.24 Å². The smallest absolute Gasteiger partial charge is 0.282 e. The maximum Gasteiger partial charge on any atom is 0.282 e. The number of unbranched alkanes of at least 4 members (excludes halogenated alkanes) is 1. The summed E-state index contributed by atoms with van der Waals surface area (Å²) < 4.78 is 17.5. The third-order valence-corrected chi connectivity index (χ3v) is 6.66. The molecular weight excluding hydrogens is 390 g/mol. The largest absolute Gasteiger partial charge is 0.497 e. The zero-order valence-corrected chi connectivity index (χ0v) is 18.0. The molecule has 2 saturated heterocycles. The first-order valence-electron chi connectivity index (χ1n) is 10.1. The number of ether oxygens (including phenoxy) is 3. The van der Waals surface area contributed by atoms with Crippen LogP contribution < -0.4 is 4.74 Å². The Balaban J connectivity index is 1.77. The number of hydrogen-bond donors (Lipinski definition) is 1. The summed E-state index contributed by atoms with van der Waals surface area (Å²) in [6, 6.07) is 7.44. The first-order valence-corrected chi connectivity index (χ1v) is 11.1. The lowest BCUT2D eigenvalue weighted by molar-refractivity contribution is -0.305. The highest BCUT2D eigenvalue weighted by atomic mass is 32.2. The van der Waals surface area contributed by atoms with Gasteiger partial charge in [-0.05, 0) is 43.4 Å². The fourth-order valence-electron chi connectivity index (χ4n) is 4.16. The minimum Gasteiger partial charge on any atom is -0.497 e. The minimum absolute atomic E-state index is 0.00844. The summed E-state index contributed by atoms with van der Waals surface area (Å²) in [5.41, 5.74) is 1.01. The highest BCUT2D eigenvalue weighted by molar-refractivity contribution is 8.13. The molecule has 4 atom stereocenters. The van der Waals surface area contributed by atoms with Crippen molar-refractivity contribution >= 4 is 17.0 Å². The Morgan fingerprint density at radius 1 is 1.38 bits per heavy atom. The lowest BCUT2D eigenvalue weighted by Crippen LogP contribution is -2.60. The number of aliphatic hydroxyl groups excluding tert-OH is 1. The Hall–Kier alpha value is -1.54. The summed E-state index contributed by atoms with van der Waals surface area (Å²) in [6.07, 6.45) is 4.94. The molecule has 2 heterocycles. The second-order valence-electron chi connectivity index (χ2n) is 7.64. The Morgan fingerprint density at radius 2 is 2.14 bits per heavy atom. The number of nitrogens with zero attached hydrogens (tertiary/aromatic N) is 1. The van der Waals surface area contributed by atoms with E-state index in [-0.39, 0.29) is 17.4 Å². The lowest BCUT2D eigenvalue weighted by Gasteiger charge is -2.47. The van der Waals surface area contributed by atoms with Gasteiger partial charge in [-0.15, -0.1) is 6.58 Å². The molecule has 1 aromatic carbocycles. The number of thioether (sulfide) groups is 1. The van der Waals surface area contributed by atoms with Crippen LogP contribution in [-0.2, 0) is 16.0 Å². The molecule has 2 aliphatic rings. The lowest BCUT2D eigenvalue weighted by atomic mass is 9.91. The SMILES string of the molecule is C=CCCC[C@@H]1C[C@H](O)C[C@](OC)([C@@H]2CSC(=O)N2Cc2ccc(OC)cc2)O1. The predicted octanol–water partition coefficient (Wildman–Crippen LogP) is 3.97. The van der Waals surface area contributed by atoms with Crippen molar-refractivity contribution in [3.05, 3.63) is 42.5 Å². The normalized spacial score (nSPS) is 29.8. The fourth-order valence-corrected chi connectivity index (χ4v) is 5.25. The third kappa shape index (κ3) is 5.15. The van der Waals surface area contributed by atoms with Crippen molar-refractivity contribution in [1.82, 2.24) is 4.90 Å². The number of aliphatic hydroxyl groups is 1. The Morgan fingerprint density at radius 3 is 2.79 bits per heavy atom. The first-order chi connectivity index (χ1) is 14.0. The predicted molar refractivity (Wildman–Crippen MR) is 114 cm³/mol. The molecule has 2 aliphatic heterocycles. The van der Waals surface area contributed by atoms with E-state index in [1.165, 1.54) is 11.8 Å². The van der Waals surface area contributed by atoms with Gasteiger partial charge >= 0.3 is 0 Å². The molecule has 0 aliphatic carbocycles. The van der Waals surface area contributed by atoms with Crippen molar-refractivity contribution in [2.45, 2.75) is 62.7 Å². The van der Waals surface area contributed by atoms with Crippen molar-refractivity contribution in [3.8, 4) is 5.75 Å². The van der Waals surface area contributed by atoms with Crippen LogP contribution in [0.3, 0.4) is 0 Å². The molecular formula is C22H31NO5S. The van der Waals surface area contributed by atoms with E-state index in [1.54, 1.807) is 14.2 Å². The molecule has 0 radical (unpaired) electrons. The topological polar surface area (TPSA) is 68.2 Å². The summed E-state index contributed by atoms with van der Waals surface area (Å²) in [5, 5.41) is 10.6. The number of hydrogen-bond acceptors (Lipinski definition) is 6. The zero-order chi connectivity index (χ0) is 20.9. The van der Waals surface area contributed by atoms with Crippen LogP contribution in [-0.4, -0.2) is 59.3 Å². The van der Waals surface area contributed by atoms with Crippen LogP contribution in [0, 0.1) is 0 Å². The summed E-state index contributed by atoms with van der Waals surface area (Å²) in [4.78, 5) is 14.5.